The second-order valence-corrected chi connectivity index (χ2v) is 8.94. The van der Waals surface area contributed by atoms with Crippen LogP contribution in [0.4, 0.5) is 0 Å². The van der Waals surface area contributed by atoms with E-state index in [0.29, 0.717) is 19.5 Å². The van der Waals surface area contributed by atoms with Gasteiger partial charge in [-0.25, -0.2) is 8.42 Å². The minimum Gasteiger partial charge on any atom is -0.332 e. The minimum atomic E-state index is -3.21. The topological polar surface area (TPSA) is 70.6 Å². The van der Waals surface area contributed by atoms with Crippen LogP contribution in [-0.4, -0.2) is 52.4 Å². The second-order valence-electron chi connectivity index (χ2n) is 6.77. The van der Waals surface area contributed by atoms with Crippen LogP contribution in [0.25, 0.3) is 0 Å². The van der Waals surface area contributed by atoms with Crippen LogP contribution < -0.4 is 0 Å². The third-order valence-corrected chi connectivity index (χ3v) is 7.54. The first-order chi connectivity index (χ1) is 11.0. The first-order valence-electron chi connectivity index (χ1n) is 8.19. The minimum absolute atomic E-state index is 0.00154. The summed E-state index contributed by atoms with van der Waals surface area (Å²) in [6, 6.07) is 5.60. The molecule has 1 aromatic rings. The molecule has 124 valence electrons. The molecule has 0 unspecified atom stereocenters. The monoisotopic (exact) mass is 335 g/mol. The Kier molecular flexibility index (Phi) is 3.46. The normalized spacial score (nSPS) is 28.4. The quantitative estimate of drug-likeness (QED) is 0.825. The Hall–Kier alpha value is -1.47. The van der Waals surface area contributed by atoms with Crippen molar-refractivity contribution in [3.63, 3.8) is 0 Å². The van der Waals surface area contributed by atoms with E-state index < -0.39 is 10.0 Å². The maximum Gasteiger partial charge on any atom is 0.224 e. The largest absolute Gasteiger partial charge is 0.332 e. The number of aromatic nitrogens is 1. The van der Waals surface area contributed by atoms with Gasteiger partial charge in [-0.15, -0.1) is 0 Å². The van der Waals surface area contributed by atoms with Crippen molar-refractivity contribution in [1.82, 2.24) is 14.2 Å². The van der Waals surface area contributed by atoms with E-state index in [0.717, 1.165) is 30.7 Å². The molecule has 2 saturated heterocycles. The molecule has 23 heavy (non-hydrogen) atoms. The molecule has 0 radical (unpaired) electrons. The second kappa shape index (κ2) is 5.27. The van der Waals surface area contributed by atoms with E-state index in [1.165, 1.54) is 0 Å². The molecule has 6 nitrogen and oxygen atoms in total. The van der Waals surface area contributed by atoms with Crippen molar-refractivity contribution in [2.24, 2.45) is 0 Å². The number of hydrogen-bond donors (Lipinski definition) is 0. The van der Waals surface area contributed by atoms with Gasteiger partial charge in [0.15, 0.2) is 0 Å². The van der Waals surface area contributed by atoms with Gasteiger partial charge in [-0.05, 0) is 38.3 Å². The highest BCUT2D eigenvalue weighted by molar-refractivity contribution is 7.90. The molecule has 1 aromatic heterocycles. The van der Waals surface area contributed by atoms with Gasteiger partial charge in [0.1, 0.15) is 0 Å². The lowest BCUT2D eigenvalue weighted by atomic mass is 10.1. The van der Waals surface area contributed by atoms with Crippen molar-refractivity contribution >= 4 is 15.9 Å². The van der Waals surface area contributed by atoms with E-state index >= 15 is 0 Å². The molecule has 2 aliphatic heterocycles. The fourth-order valence-electron chi connectivity index (χ4n) is 3.83. The van der Waals surface area contributed by atoms with Gasteiger partial charge in [-0.2, -0.15) is 4.31 Å². The molecule has 1 aliphatic carbocycles. The summed E-state index contributed by atoms with van der Waals surface area (Å²) in [6.07, 6.45) is 2.57. The highest BCUT2D eigenvalue weighted by Gasteiger charge is 2.53. The predicted molar refractivity (Wildman–Crippen MR) is 85.0 cm³/mol. The summed E-state index contributed by atoms with van der Waals surface area (Å²) in [4.78, 5) is 18.7. The van der Waals surface area contributed by atoms with Gasteiger partial charge in [0.25, 0.3) is 0 Å². The first-order valence-corrected chi connectivity index (χ1v) is 9.70. The number of amides is 1. The van der Waals surface area contributed by atoms with E-state index in [9.17, 15) is 13.2 Å². The van der Waals surface area contributed by atoms with Gasteiger partial charge >= 0.3 is 0 Å². The number of carbonyl (C=O) groups is 1. The van der Waals surface area contributed by atoms with Gasteiger partial charge in [0, 0.05) is 18.7 Å². The van der Waals surface area contributed by atoms with Gasteiger partial charge in [-0.1, -0.05) is 6.07 Å². The lowest BCUT2D eigenvalue weighted by Crippen LogP contribution is -2.41. The van der Waals surface area contributed by atoms with Crippen molar-refractivity contribution in [3.05, 3.63) is 29.6 Å². The molecule has 1 amide bonds. The van der Waals surface area contributed by atoms with Crippen LogP contribution in [0.5, 0.6) is 0 Å². The van der Waals surface area contributed by atoms with Crippen molar-refractivity contribution in [2.45, 2.75) is 56.5 Å². The summed E-state index contributed by atoms with van der Waals surface area (Å²) in [6.45, 7) is 2.94. The van der Waals surface area contributed by atoms with Gasteiger partial charge in [-0.3, -0.25) is 9.78 Å². The van der Waals surface area contributed by atoms with E-state index in [1.54, 1.807) is 4.31 Å². The Morgan fingerprint density at radius 3 is 2.70 bits per heavy atom. The lowest BCUT2D eigenvalue weighted by Gasteiger charge is -2.25. The Morgan fingerprint density at radius 2 is 2.00 bits per heavy atom. The average Bonchev–Trinajstić information content (AvgIpc) is 3.21. The molecule has 0 bridgehead atoms. The van der Waals surface area contributed by atoms with E-state index in [4.69, 9.17) is 0 Å². The Labute approximate surface area is 136 Å². The van der Waals surface area contributed by atoms with Crippen LogP contribution in [-0.2, 0) is 21.4 Å². The summed E-state index contributed by atoms with van der Waals surface area (Å²) >= 11 is 0. The van der Waals surface area contributed by atoms with Crippen LogP contribution in [0, 0.1) is 6.92 Å². The molecule has 0 spiro atoms. The number of pyridine rings is 1. The van der Waals surface area contributed by atoms with Gasteiger partial charge < -0.3 is 4.90 Å². The predicted octanol–water partition coefficient (Wildman–Crippen LogP) is 1.06. The fourth-order valence-corrected chi connectivity index (χ4v) is 5.90. The number of rotatable bonds is 4. The van der Waals surface area contributed by atoms with Gasteiger partial charge in [0.2, 0.25) is 15.9 Å². The van der Waals surface area contributed by atoms with E-state index in [2.05, 4.69) is 4.98 Å². The van der Waals surface area contributed by atoms with Crippen molar-refractivity contribution in [1.29, 1.82) is 0 Å². The molecule has 7 heteroatoms. The summed E-state index contributed by atoms with van der Waals surface area (Å²) in [5.41, 5.74) is 1.79. The third-order valence-electron chi connectivity index (χ3n) is 5.11. The summed E-state index contributed by atoms with van der Waals surface area (Å²) in [5.74, 6) is 0.0407. The zero-order valence-corrected chi connectivity index (χ0v) is 14.0. The maximum atomic E-state index is 12.5. The van der Waals surface area contributed by atoms with Crippen molar-refractivity contribution < 1.29 is 13.2 Å². The van der Waals surface area contributed by atoms with E-state index in [-0.39, 0.29) is 23.2 Å². The van der Waals surface area contributed by atoms with Crippen LogP contribution in [0.1, 0.15) is 37.1 Å². The molecule has 3 heterocycles. The van der Waals surface area contributed by atoms with Crippen LogP contribution in [0.15, 0.2) is 18.2 Å². The number of carbonyl (C=O) groups excluding carboxylic acids is 1. The molecule has 3 fully saturated rings. The zero-order valence-electron chi connectivity index (χ0n) is 13.2. The molecule has 1 saturated carbocycles. The fraction of sp³-hybridized carbons (Fsp3) is 0.625. The number of sulfonamides is 1. The Morgan fingerprint density at radius 1 is 1.22 bits per heavy atom. The van der Waals surface area contributed by atoms with Crippen LogP contribution >= 0.6 is 0 Å². The highest BCUT2D eigenvalue weighted by atomic mass is 32.2. The van der Waals surface area contributed by atoms with Gasteiger partial charge in [0.05, 0.1) is 29.6 Å². The molecular weight excluding hydrogens is 314 g/mol. The molecule has 0 aromatic carbocycles. The summed E-state index contributed by atoms with van der Waals surface area (Å²) < 4.78 is 26.7. The number of fused-ring (bicyclic) bond motifs is 1. The number of nitrogens with zero attached hydrogens (tertiary/aromatic N) is 3. The maximum absolute atomic E-state index is 12.5. The third kappa shape index (κ3) is 2.55. The van der Waals surface area contributed by atoms with Crippen LogP contribution in [0.2, 0.25) is 0 Å². The molecule has 2 atom stereocenters. The molecular formula is C16H21N3O3S. The first kappa shape index (κ1) is 15.1. The summed E-state index contributed by atoms with van der Waals surface area (Å²) in [5, 5.41) is -0.205. The Bertz CT molecular complexity index is 745. The average molecular weight is 335 g/mol. The standard InChI is InChI=1S/C16H21N3O3S/c1-11-3-2-4-12(17-11)10-18-14-7-8-19(15(14)9-16(18)20)23(21,22)13-5-6-13/h2-4,13-15H,5-10H2,1H3/t14-,15+/m0/s1. The lowest BCUT2D eigenvalue weighted by molar-refractivity contribution is -0.129. The van der Waals surface area contributed by atoms with E-state index in [1.807, 2.05) is 30.0 Å². The number of likely N-dealkylation sites (tertiary alicyclic amines) is 1. The van der Waals surface area contributed by atoms with Crippen LogP contribution in [0.3, 0.4) is 0 Å². The molecule has 0 N–H and O–H groups in total. The smallest absolute Gasteiger partial charge is 0.224 e. The number of hydrogen-bond acceptors (Lipinski definition) is 4. The highest BCUT2D eigenvalue weighted by Crippen LogP contribution is 2.40. The zero-order chi connectivity index (χ0) is 16.2. The molecule has 3 aliphatic rings. The Balaban J connectivity index is 1.54. The van der Waals surface area contributed by atoms with Crippen molar-refractivity contribution in [2.75, 3.05) is 6.54 Å². The summed E-state index contributed by atoms with van der Waals surface area (Å²) in [7, 11) is -3.21. The van der Waals surface area contributed by atoms with Crippen molar-refractivity contribution in [3.8, 4) is 0 Å². The molecule has 4 rings (SSSR count). The SMILES string of the molecule is Cc1cccc(CN2C(=O)C[C@@H]3[C@@H]2CCN3S(=O)(=O)C2CC2)n1. The number of aryl methyl sites for hydroxylation is 1.